The van der Waals surface area contributed by atoms with Crippen LogP contribution in [-0.2, 0) is 0 Å². The quantitative estimate of drug-likeness (QED) is 0.552. The molecule has 2 fully saturated rings. The largest absolute Gasteiger partial charge is 0.492 e. The number of ether oxygens (including phenoxy) is 1. The van der Waals surface area contributed by atoms with Crippen LogP contribution >= 0.6 is 0 Å². The predicted octanol–water partition coefficient (Wildman–Crippen LogP) is 4.65. The van der Waals surface area contributed by atoms with Gasteiger partial charge in [-0.25, -0.2) is 9.97 Å². The molecule has 8 nitrogen and oxygen atoms in total. The van der Waals surface area contributed by atoms with Gasteiger partial charge in [-0.15, -0.1) is 0 Å². The first-order valence-electron chi connectivity index (χ1n) is 11.9. The smallest absolute Gasteiger partial charge is 0.227 e. The minimum Gasteiger partial charge on any atom is -0.492 e. The molecule has 1 N–H and O–H groups in total. The molecular weight excluding hydrogens is 426 g/mol. The molecule has 2 aromatic heterocycles. The molecule has 8 heteroatoms. The summed E-state index contributed by atoms with van der Waals surface area (Å²) >= 11 is 0. The summed E-state index contributed by atoms with van der Waals surface area (Å²) < 4.78 is 8.02. The van der Waals surface area contributed by atoms with Crippen LogP contribution in [0.4, 0.5) is 11.6 Å². The Kier molecular flexibility index (Phi) is 5.96. The van der Waals surface area contributed by atoms with Gasteiger partial charge < -0.3 is 15.0 Å². The van der Waals surface area contributed by atoms with Crippen molar-refractivity contribution < 1.29 is 4.74 Å². The predicted molar refractivity (Wildman–Crippen MR) is 131 cm³/mol. The third-order valence-corrected chi connectivity index (χ3v) is 6.93. The van der Waals surface area contributed by atoms with E-state index in [9.17, 15) is 5.26 Å². The Morgan fingerprint density at radius 3 is 2.68 bits per heavy atom. The highest BCUT2D eigenvalue weighted by molar-refractivity contribution is 5.66. The van der Waals surface area contributed by atoms with E-state index in [4.69, 9.17) is 9.72 Å². The molecule has 1 saturated carbocycles. The lowest BCUT2D eigenvalue weighted by molar-refractivity contribution is 0.212. The summed E-state index contributed by atoms with van der Waals surface area (Å²) in [4.78, 5) is 11.6. The normalized spacial score (nSPS) is 17.8. The van der Waals surface area contributed by atoms with E-state index < -0.39 is 0 Å². The molecular formula is C26H31N7O. The number of aromatic nitrogens is 4. The first-order valence-corrected chi connectivity index (χ1v) is 11.9. The number of rotatable bonds is 7. The molecule has 5 rings (SSSR count). The summed E-state index contributed by atoms with van der Waals surface area (Å²) in [6, 6.07) is 8.89. The van der Waals surface area contributed by atoms with E-state index in [0.29, 0.717) is 18.6 Å². The zero-order chi connectivity index (χ0) is 23.7. The molecule has 0 bridgehead atoms. The third kappa shape index (κ3) is 4.75. The number of nitriles is 1. The van der Waals surface area contributed by atoms with Gasteiger partial charge in [-0.2, -0.15) is 10.4 Å². The summed E-state index contributed by atoms with van der Waals surface area (Å²) in [7, 11) is 2.17. The molecule has 34 heavy (non-hydrogen) atoms. The standard InChI is InChI=1S/C26H31N7O/c1-18-12-20(4-5-23(18)34-17-26(16-27)8-9-26)24-19(2)13-28-25(31-24)30-21-14-29-33(15-21)22-6-10-32(3)11-7-22/h4-5,12-15,22H,6-11,17H2,1-3H3,(H,28,30,31). The number of anilines is 2. The fourth-order valence-electron chi connectivity index (χ4n) is 4.40. The van der Waals surface area contributed by atoms with Crippen LogP contribution in [0, 0.1) is 30.6 Å². The van der Waals surface area contributed by atoms with Gasteiger partial charge in [-0.3, -0.25) is 4.68 Å². The maximum absolute atomic E-state index is 9.28. The van der Waals surface area contributed by atoms with Crippen molar-refractivity contribution in [2.45, 2.75) is 45.6 Å². The minimum absolute atomic E-state index is 0.282. The van der Waals surface area contributed by atoms with Gasteiger partial charge in [0.25, 0.3) is 0 Å². The second-order valence-corrected chi connectivity index (χ2v) is 9.75. The Bertz CT molecular complexity index is 1220. The Hall–Kier alpha value is -3.44. The molecule has 0 radical (unpaired) electrons. The first kappa shape index (κ1) is 22.4. The van der Waals surface area contributed by atoms with Gasteiger partial charge in [0.2, 0.25) is 5.95 Å². The van der Waals surface area contributed by atoms with Crippen LogP contribution in [0.1, 0.15) is 42.9 Å². The van der Waals surface area contributed by atoms with Gasteiger partial charge >= 0.3 is 0 Å². The van der Waals surface area contributed by atoms with Gasteiger partial charge in [-0.1, -0.05) is 0 Å². The maximum atomic E-state index is 9.28. The van der Waals surface area contributed by atoms with Crippen molar-refractivity contribution in [3.63, 3.8) is 0 Å². The number of likely N-dealkylation sites (tertiary alicyclic amines) is 1. The summed E-state index contributed by atoms with van der Waals surface area (Å²) in [6.45, 7) is 6.69. The van der Waals surface area contributed by atoms with E-state index in [1.165, 1.54) is 0 Å². The first-order chi connectivity index (χ1) is 16.4. The van der Waals surface area contributed by atoms with Crippen LogP contribution in [0.15, 0.2) is 36.8 Å². The monoisotopic (exact) mass is 457 g/mol. The number of nitrogens with zero attached hydrogens (tertiary/aromatic N) is 6. The zero-order valence-electron chi connectivity index (χ0n) is 20.1. The SMILES string of the molecule is Cc1cc(-c2nc(Nc3cnn(C4CCN(C)CC4)c3)ncc2C)ccc1OCC1(C#N)CC1. The van der Waals surface area contributed by atoms with Crippen LogP contribution in [0.5, 0.6) is 5.75 Å². The van der Waals surface area contributed by atoms with Crippen molar-refractivity contribution in [1.29, 1.82) is 5.26 Å². The summed E-state index contributed by atoms with van der Waals surface area (Å²) in [5, 5.41) is 17.2. The van der Waals surface area contributed by atoms with Gasteiger partial charge in [0.1, 0.15) is 12.4 Å². The topological polar surface area (TPSA) is 91.9 Å². The molecule has 0 unspecified atom stereocenters. The molecule has 3 aromatic rings. The second-order valence-electron chi connectivity index (χ2n) is 9.75. The number of hydrogen-bond acceptors (Lipinski definition) is 7. The molecule has 0 amide bonds. The molecule has 176 valence electrons. The van der Waals surface area contributed by atoms with Gasteiger partial charge in [-0.05, 0) is 89.0 Å². The van der Waals surface area contributed by atoms with E-state index in [1.54, 1.807) is 0 Å². The fourth-order valence-corrected chi connectivity index (χ4v) is 4.40. The Morgan fingerprint density at radius 2 is 1.97 bits per heavy atom. The number of benzene rings is 1. The highest BCUT2D eigenvalue weighted by atomic mass is 16.5. The number of aryl methyl sites for hydroxylation is 2. The fraction of sp³-hybridized carbons (Fsp3) is 0.462. The molecule has 0 spiro atoms. The van der Waals surface area contributed by atoms with Crippen LogP contribution in [0.2, 0.25) is 0 Å². The van der Waals surface area contributed by atoms with E-state index >= 15 is 0 Å². The average molecular weight is 458 g/mol. The van der Waals surface area contributed by atoms with Gasteiger partial charge in [0, 0.05) is 18.0 Å². The lowest BCUT2D eigenvalue weighted by Crippen LogP contribution is -2.31. The average Bonchev–Trinajstić information content (AvgIpc) is 3.48. The zero-order valence-corrected chi connectivity index (χ0v) is 20.1. The van der Waals surface area contributed by atoms with Crippen LogP contribution in [-0.4, -0.2) is 51.4 Å². The van der Waals surface area contributed by atoms with Gasteiger partial charge in [0.15, 0.2) is 0 Å². The van der Waals surface area contributed by atoms with E-state index in [-0.39, 0.29) is 5.41 Å². The van der Waals surface area contributed by atoms with Crippen molar-refractivity contribution in [3.05, 3.63) is 47.9 Å². The van der Waals surface area contributed by atoms with Crippen LogP contribution < -0.4 is 10.1 Å². The van der Waals surface area contributed by atoms with Crippen LogP contribution in [0.25, 0.3) is 11.3 Å². The maximum Gasteiger partial charge on any atom is 0.227 e. The number of piperidine rings is 1. The summed E-state index contributed by atoms with van der Waals surface area (Å²) in [6.07, 6.45) is 9.80. The number of nitrogens with one attached hydrogen (secondary N) is 1. The lowest BCUT2D eigenvalue weighted by atomic mass is 10.0. The molecule has 1 aromatic carbocycles. The minimum atomic E-state index is -0.282. The molecule has 1 aliphatic carbocycles. The van der Waals surface area contributed by atoms with Crippen molar-refractivity contribution in [2.24, 2.45) is 5.41 Å². The lowest BCUT2D eigenvalue weighted by Gasteiger charge is -2.28. The van der Waals surface area contributed by atoms with E-state index in [2.05, 4.69) is 44.2 Å². The summed E-state index contributed by atoms with van der Waals surface area (Å²) in [5.74, 6) is 1.36. The highest BCUT2D eigenvalue weighted by Gasteiger charge is 2.44. The van der Waals surface area contributed by atoms with Crippen LogP contribution in [0.3, 0.4) is 0 Å². The molecule has 1 saturated heterocycles. The second kappa shape index (κ2) is 9.07. The number of hydrogen-bond donors (Lipinski definition) is 1. The molecule has 0 atom stereocenters. The van der Waals surface area contributed by atoms with Crippen molar-refractivity contribution in [1.82, 2.24) is 24.6 Å². The highest BCUT2D eigenvalue weighted by Crippen LogP contribution is 2.45. The Balaban J connectivity index is 1.29. The third-order valence-electron chi connectivity index (χ3n) is 6.93. The van der Waals surface area contributed by atoms with Crippen molar-refractivity contribution in [2.75, 3.05) is 32.1 Å². The van der Waals surface area contributed by atoms with Gasteiger partial charge in [0.05, 0.1) is 35.1 Å². The Labute approximate surface area is 200 Å². The van der Waals surface area contributed by atoms with E-state index in [1.807, 2.05) is 44.6 Å². The van der Waals surface area contributed by atoms with Crippen molar-refractivity contribution >= 4 is 11.6 Å². The van der Waals surface area contributed by atoms with Crippen molar-refractivity contribution in [3.8, 4) is 23.1 Å². The summed E-state index contributed by atoms with van der Waals surface area (Å²) in [5.41, 5.74) is 4.53. The van der Waals surface area contributed by atoms with E-state index in [0.717, 1.165) is 72.6 Å². The Morgan fingerprint density at radius 1 is 1.18 bits per heavy atom. The molecule has 3 heterocycles. The molecule has 2 aliphatic rings. The molecule has 1 aliphatic heterocycles.